The molecule has 0 saturated heterocycles. The second-order valence-electron chi connectivity index (χ2n) is 8.45. The van der Waals surface area contributed by atoms with Crippen LogP contribution >= 0.6 is 0 Å². The molecule has 0 aromatic carbocycles. The predicted molar refractivity (Wildman–Crippen MR) is 91.9 cm³/mol. The molecule has 0 spiro atoms. The lowest BCUT2D eigenvalue weighted by Gasteiger charge is -2.53. The van der Waals surface area contributed by atoms with E-state index in [-0.39, 0.29) is 6.61 Å². The fraction of sp³-hybridized carbons (Fsp3) is 0.762. The third kappa shape index (κ3) is 2.63. The van der Waals surface area contributed by atoms with Gasteiger partial charge >= 0.3 is 0 Å². The highest BCUT2D eigenvalue weighted by Crippen LogP contribution is 2.63. The zero-order valence-corrected chi connectivity index (χ0v) is 14.2. The second kappa shape index (κ2) is 6.20. The van der Waals surface area contributed by atoms with Gasteiger partial charge in [-0.05, 0) is 86.5 Å². The van der Waals surface area contributed by atoms with Gasteiger partial charge < -0.3 is 5.11 Å². The summed E-state index contributed by atoms with van der Waals surface area (Å²) in [5, 5.41) is 9.05. The van der Waals surface area contributed by atoms with Crippen molar-refractivity contribution in [3.8, 4) is 0 Å². The maximum absolute atomic E-state index is 11.8. The van der Waals surface area contributed by atoms with E-state index in [0.717, 1.165) is 36.5 Å². The molecule has 0 amide bonds. The summed E-state index contributed by atoms with van der Waals surface area (Å²) < 4.78 is 0. The van der Waals surface area contributed by atoms with E-state index in [1.54, 1.807) is 0 Å². The third-order valence-corrected chi connectivity index (χ3v) is 7.62. The lowest BCUT2D eigenvalue weighted by Crippen LogP contribution is -2.45. The van der Waals surface area contributed by atoms with Gasteiger partial charge in [0.2, 0.25) is 0 Å². The molecule has 126 valence electrons. The van der Waals surface area contributed by atoms with E-state index in [4.69, 9.17) is 5.11 Å². The van der Waals surface area contributed by atoms with Crippen molar-refractivity contribution in [3.05, 3.63) is 23.8 Å². The fourth-order valence-corrected chi connectivity index (χ4v) is 6.72. The van der Waals surface area contributed by atoms with Crippen molar-refractivity contribution < 1.29 is 9.90 Å². The number of aliphatic hydroxyl groups is 1. The maximum atomic E-state index is 11.8. The lowest BCUT2D eigenvalue weighted by molar-refractivity contribution is -0.116. The summed E-state index contributed by atoms with van der Waals surface area (Å²) in [6, 6.07) is 0. The van der Waals surface area contributed by atoms with Crippen molar-refractivity contribution in [2.75, 3.05) is 6.61 Å². The molecule has 5 atom stereocenters. The molecule has 4 rings (SSSR count). The highest BCUT2D eigenvalue weighted by atomic mass is 16.2. The van der Waals surface area contributed by atoms with Crippen LogP contribution in [0, 0.1) is 29.1 Å². The summed E-state index contributed by atoms with van der Waals surface area (Å²) in [6.07, 6.45) is 18.7. The number of rotatable bonds is 3. The van der Waals surface area contributed by atoms with Crippen molar-refractivity contribution >= 4 is 5.78 Å². The summed E-state index contributed by atoms with van der Waals surface area (Å²) in [4.78, 5) is 11.8. The molecule has 0 aliphatic heterocycles. The van der Waals surface area contributed by atoms with Crippen molar-refractivity contribution in [1.29, 1.82) is 0 Å². The van der Waals surface area contributed by atoms with Crippen molar-refractivity contribution in [3.63, 3.8) is 0 Å². The minimum absolute atomic E-state index is 0.178. The summed E-state index contributed by atoms with van der Waals surface area (Å²) in [5.41, 5.74) is 2.02. The minimum atomic E-state index is 0.178. The lowest BCUT2D eigenvalue weighted by atomic mass is 9.51. The topological polar surface area (TPSA) is 37.3 Å². The summed E-state index contributed by atoms with van der Waals surface area (Å²) in [6.45, 7) is 0.178. The van der Waals surface area contributed by atoms with E-state index < -0.39 is 0 Å². The van der Waals surface area contributed by atoms with E-state index in [1.807, 2.05) is 12.2 Å². The molecule has 0 bridgehead atoms. The van der Waals surface area contributed by atoms with Crippen LogP contribution < -0.4 is 0 Å². The molecule has 0 unspecified atom stereocenters. The van der Waals surface area contributed by atoms with Crippen LogP contribution in [-0.2, 0) is 4.79 Å². The van der Waals surface area contributed by atoms with Gasteiger partial charge in [-0.1, -0.05) is 24.1 Å². The van der Waals surface area contributed by atoms with Crippen LogP contribution in [0.3, 0.4) is 0 Å². The van der Waals surface area contributed by atoms with Crippen molar-refractivity contribution in [2.24, 2.45) is 29.1 Å². The molecule has 2 heteroatoms. The molecule has 0 aromatic heterocycles. The van der Waals surface area contributed by atoms with Gasteiger partial charge in [0, 0.05) is 6.42 Å². The first-order valence-corrected chi connectivity index (χ1v) is 9.73. The van der Waals surface area contributed by atoms with Gasteiger partial charge in [0.1, 0.15) is 0 Å². The first-order chi connectivity index (χ1) is 11.2. The van der Waals surface area contributed by atoms with Crippen LogP contribution in [0.25, 0.3) is 0 Å². The Labute approximate surface area is 140 Å². The minimum Gasteiger partial charge on any atom is -0.392 e. The molecular weight excluding hydrogens is 284 g/mol. The summed E-state index contributed by atoms with van der Waals surface area (Å²) in [7, 11) is 0. The van der Waals surface area contributed by atoms with Gasteiger partial charge in [0.25, 0.3) is 0 Å². The molecule has 0 aromatic rings. The normalized spacial score (nSPS) is 43.0. The van der Waals surface area contributed by atoms with Gasteiger partial charge in [0.05, 0.1) is 6.61 Å². The number of carbonyl (C=O) groups is 1. The average molecular weight is 314 g/mol. The first-order valence-electron chi connectivity index (χ1n) is 9.73. The Morgan fingerprint density at radius 3 is 2.87 bits per heavy atom. The van der Waals surface area contributed by atoms with Gasteiger partial charge in [-0.15, -0.1) is 0 Å². The SMILES string of the molecule is O=C1C=C2CC[C@@H]3[C@H](CC[C@]4(C/C=C\CO)CCC[C@@H]34)[C@H]2CC1. The van der Waals surface area contributed by atoms with Crippen LogP contribution in [0.2, 0.25) is 0 Å². The van der Waals surface area contributed by atoms with Gasteiger partial charge in [-0.2, -0.15) is 0 Å². The second-order valence-corrected chi connectivity index (χ2v) is 8.45. The number of allylic oxidation sites excluding steroid dienone is 2. The summed E-state index contributed by atoms with van der Waals surface area (Å²) in [5.74, 6) is 3.72. The van der Waals surface area contributed by atoms with Gasteiger partial charge in [-0.25, -0.2) is 0 Å². The molecular formula is C21H30O2. The number of aliphatic hydroxyl groups excluding tert-OH is 1. The van der Waals surface area contributed by atoms with Crippen LogP contribution in [0.5, 0.6) is 0 Å². The first kappa shape index (κ1) is 15.6. The molecule has 4 aliphatic rings. The zero-order chi connectivity index (χ0) is 15.9. The van der Waals surface area contributed by atoms with E-state index in [0.29, 0.717) is 11.2 Å². The highest BCUT2D eigenvalue weighted by molar-refractivity contribution is 5.91. The van der Waals surface area contributed by atoms with Gasteiger partial charge in [0.15, 0.2) is 5.78 Å². The smallest absolute Gasteiger partial charge is 0.155 e. The standard InChI is InChI=1S/C21H30O2/c22-13-2-1-10-21-11-3-4-20(21)19-7-5-15-14-16(23)6-8-17(15)18(19)9-12-21/h1-2,14,17-20,22H,3-13H2/b2-1-/t17-,18+,19+,20-,21-/m0/s1. The number of hydrogen-bond donors (Lipinski definition) is 1. The van der Waals surface area contributed by atoms with Gasteiger partial charge in [-0.3, -0.25) is 4.79 Å². The van der Waals surface area contributed by atoms with E-state index >= 15 is 0 Å². The van der Waals surface area contributed by atoms with Crippen LogP contribution in [-0.4, -0.2) is 17.5 Å². The molecule has 23 heavy (non-hydrogen) atoms. The number of hydrogen-bond acceptors (Lipinski definition) is 2. The Morgan fingerprint density at radius 1 is 1.09 bits per heavy atom. The molecule has 3 fully saturated rings. The fourth-order valence-electron chi connectivity index (χ4n) is 6.72. The Kier molecular flexibility index (Phi) is 4.21. The monoisotopic (exact) mass is 314 g/mol. The van der Waals surface area contributed by atoms with Crippen LogP contribution in [0.4, 0.5) is 0 Å². The number of ketones is 1. The molecule has 1 N–H and O–H groups in total. The quantitative estimate of drug-likeness (QED) is 0.782. The van der Waals surface area contributed by atoms with Crippen LogP contribution in [0.15, 0.2) is 23.8 Å². The van der Waals surface area contributed by atoms with Crippen molar-refractivity contribution in [1.82, 2.24) is 0 Å². The van der Waals surface area contributed by atoms with E-state index in [1.165, 1.54) is 56.9 Å². The van der Waals surface area contributed by atoms with Crippen LogP contribution in [0.1, 0.15) is 64.2 Å². The summed E-state index contributed by atoms with van der Waals surface area (Å²) >= 11 is 0. The number of carbonyl (C=O) groups excluding carboxylic acids is 1. The molecule has 4 aliphatic carbocycles. The molecule has 2 nitrogen and oxygen atoms in total. The van der Waals surface area contributed by atoms with E-state index in [9.17, 15) is 4.79 Å². The van der Waals surface area contributed by atoms with E-state index in [2.05, 4.69) is 6.08 Å². The Hall–Kier alpha value is -0.890. The Morgan fingerprint density at radius 2 is 2.00 bits per heavy atom. The highest BCUT2D eigenvalue weighted by Gasteiger charge is 2.53. The Bertz CT molecular complexity index is 532. The average Bonchev–Trinajstić information content (AvgIpc) is 2.98. The largest absolute Gasteiger partial charge is 0.392 e. The predicted octanol–water partition coefficient (Wildman–Crippen LogP) is 4.44. The zero-order valence-electron chi connectivity index (χ0n) is 14.2. The molecule has 0 radical (unpaired) electrons. The maximum Gasteiger partial charge on any atom is 0.155 e. The number of fused-ring (bicyclic) bond motifs is 5. The third-order valence-electron chi connectivity index (χ3n) is 7.62. The molecule has 0 heterocycles. The van der Waals surface area contributed by atoms with Crippen molar-refractivity contribution in [2.45, 2.75) is 64.2 Å². The molecule has 3 saturated carbocycles. The Balaban J connectivity index is 1.56.